The molecule has 0 aliphatic carbocycles. The van der Waals surface area contributed by atoms with E-state index in [-0.39, 0.29) is 18.2 Å². The topological polar surface area (TPSA) is 88.2 Å². The minimum atomic E-state index is -0.693. The molecular formula is C19H19N3O3. The molecule has 1 atom stereocenters. The van der Waals surface area contributed by atoms with E-state index < -0.39 is 11.9 Å². The minimum Gasteiger partial charge on any atom is -0.340 e. The van der Waals surface area contributed by atoms with E-state index in [1.165, 1.54) is 5.56 Å². The summed E-state index contributed by atoms with van der Waals surface area (Å²) in [6.45, 7) is 3.78. The number of aromatic nitrogens is 1. The Labute approximate surface area is 145 Å². The van der Waals surface area contributed by atoms with Gasteiger partial charge < -0.3 is 5.32 Å². The highest BCUT2D eigenvalue weighted by Crippen LogP contribution is 2.20. The highest BCUT2D eigenvalue weighted by Gasteiger charge is 2.28. The zero-order valence-corrected chi connectivity index (χ0v) is 14.1. The molecule has 1 unspecified atom stereocenters. The molecule has 2 heterocycles. The van der Waals surface area contributed by atoms with Gasteiger partial charge in [0.1, 0.15) is 6.04 Å². The number of aryl methyl sites for hydroxylation is 2. The Hall–Kier alpha value is -3.02. The van der Waals surface area contributed by atoms with Crippen molar-refractivity contribution in [3.63, 3.8) is 0 Å². The van der Waals surface area contributed by atoms with Crippen LogP contribution in [0.25, 0.3) is 11.3 Å². The predicted octanol–water partition coefficient (Wildman–Crippen LogP) is 1.90. The number of carbonyl (C=O) groups excluding carboxylic acids is 3. The van der Waals surface area contributed by atoms with E-state index in [0.717, 1.165) is 11.3 Å². The van der Waals surface area contributed by atoms with Gasteiger partial charge in [-0.25, -0.2) is 0 Å². The van der Waals surface area contributed by atoms with Crippen molar-refractivity contribution in [2.75, 3.05) is 0 Å². The van der Waals surface area contributed by atoms with Gasteiger partial charge in [0.25, 0.3) is 5.91 Å². The van der Waals surface area contributed by atoms with Crippen LogP contribution in [-0.4, -0.2) is 28.7 Å². The summed E-state index contributed by atoms with van der Waals surface area (Å²) < 4.78 is 0. The van der Waals surface area contributed by atoms with Crippen molar-refractivity contribution in [1.29, 1.82) is 0 Å². The molecule has 0 bridgehead atoms. The number of pyridine rings is 1. The Bertz CT molecular complexity index is 843. The van der Waals surface area contributed by atoms with E-state index in [0.29, 0.717) is 17.7 Å². The third-order valence-electron chi connectivity index (χ3n) is 4.22. The fourth-order valence-electron chi connectivity index (χ4n) is 2.75. The van der Waals surface area contributed by atoms with E-state index in [9.17, 15) is 14.4 Å². The van der Waals surface area contributed by atoms with Gasteiger partial charge in [0, 0.05) is 12.0 Å². The lowest BCUT2D eigenvalue weighted by Gasteiger charge is -2.22. The Morgan fingerprint density at radius 2 is 1.84 bits per heavy atom. The first-order valence-corrected chi connectivity index (χ1v) is 8.13. The molecule has 3 rings (SSSR count). The molecule has 0 radical (unpaired) electrons. The van der Waals surface area contributed by atoms with Gasteiger partial charge in [-0.1, -0.05) is 29.8 Å². The van der Waals surface area contributed by atoms with Crippen LogP contribution in [0.5, 0.6) is 0 Å². The van der Waals surface area contributed by atoms with E-state index in [2.05, 4.69) is 15.6 Å². The average molecular weight is 337 g/mol. The molecular weight excluding hydrogens is 318 g/mol. The molecule has 128 valence electrons. The largest absolute Gasteiger partial charge is 0.340 e. The summed E-state index contributed by atoms with van der Waals surface area (Å²) in [6.07, 6.45) is 0.532. The minimum absolute atomic E-state index is 0.223. The van der Waals surface area contributed by atoms with Gasteiger partial charge in [-0.05, 0) is 32.4 Å². The number of amides is 3. The standard InChI is InChI=1S/C19H19N3O3/c1-11-3-5-13(6-4-11)15-8-7-14(12(2)20-15)18(24)21-16-9-10-17(23)22-19(16)25/h3-8,16H,9-10H2,1-2H3,(H,21,24)(H,22,23,25). The number of rotatable bonds is 3. The molecule has 1 saturated heterocycles. The molecule has 6 nitrogen and oxygen atoms in total. The van der Waals surface area contributed by atoms with E-state index in [1.807, 2.05) is 31.2 Å². The highest BCUT2D eigenvalue weighted by atomic mass is 16.2. The Morgan fingerprint density at radius 1 is 1.12 bits per heavy atom. The van der Waals surface area contributed by atoms with Crippen molar-refractivity contribution in [1.82, 2.24) is 15.6 Å². The lowest BCUT2D eigenvalue weighted by Crippen LogP contribution is -2.52. The molecule has 25 heavy (non-hydrogen) atoms. The lowest BCUT2D eigenvalue weighted by atomic mass is 10.0. The fraction of sp³-hybridized carbons (Fsp3) is 0.263. The fourth-order valence-corrected chi connectivity index (χ4v) is 2.75. The molecule has 3 amide bonds. The first kappa shape index (κ1) is 16.8. The van der Waals surface area contributed by atoms with Crippen molar-refractivity contribution in [3.05, 3.63) is 53.2 Å². The van der Waals surface area contributed by atoms with Crippen LogP contribution in [0.4, 0.5) is 0 Å². The molecule has 2 N–H and O–H groups in total. The van der Waals surface area contributed by atoms with Gasteiger partial charge in [-0.2, -0.15) is 0 Å². The SMILES string of the molecule is Cc1ccc(-c2ccc(C(=O)NC3CCC(=O)NC3=O)c(C)n2)cc1. The smallest absolute Gasteiger partial charge is 0.253 e. The van der Waals surface area contributed by atoms with E-state index >= 15 is 0 Å². The van der Waals surface area contributed by atoms with Crippen LogP contribution < -0.4 is 10.6 Å². The number of piperidine rings is 1. The molecule has 1 aliphatic rings. The molecule has 2 aromatic rings. The van der Waals surface area contributed by atoms with Gasteiger partial charge in [0.15, 0.2) is 0 Å². The predicted molar refractivity (Wildman–Crippen MR) is 92.8 cm³/mol. The van der Waals surface area contributed by atoms with E-state index in [4.69, 9.17) is 0 Å². The van der Waals surface area contributed by atoms with Crippen LogP contribution in [-0.2, 0) is 9.59 Å². The summed E-state index contributed by atoms with van der Waals surface area (Å²) in [7, 11) is 0. The zero-order chi connectivity index (χ0) is 18.0. The first-order chi connectivity index (χ1) is 11.9. The van der Waals surface area contributed by atoms with Crippen LogP contribution in [0, 0.1) is 13.8 Å². The van der Waals surface area contributed by atoms with Crippen LogP contribution in [0.15, 0.2) is 36.4 Å². The summed E-state index contributed by atoms with van der Waals surface area (Å²) >= 11 is 0. The Kier molecular flexibility index (Phi) is 4.61. The van der Waals surface area contributed by atoms with Gasteiger partial charge in [-0.15, -0.1) is 0 Å². The number of imide groups is 1. The van der Waals surface area contributed by atoms with Crippen LogP contribution in [0.1, 0.15) is 34.5 Å². The number of hydrogen-bond acceptors (Lipinski definition) is 4. The van der Waals surface area contributed by atoms with Crippen LogP contribution in [0.3, 0.4) is 0 Å². The van der Waals surface area contributed by atoms with Crippen LogP contribution in [0.2, 0.25) is 0 Å². The van der Waals surface area contributed by atoms with Gasteiger partial charge in [-0.3, -0.25) is 24.7 Å². The van der Waals surface area contributed by atoms with E-state index in [1.54, 1.807) is 19.1 Å². The number of carbonyl (C=O) groups is 3. The third-order valence-corrected chi connectivity index (χ3v) is 4.22. The maximum Gasteiger partial charge on any atom is 0.253 e. The molecule has 1 fully saturated rings. The molecule has 1 aromatic heterocycles. The van der Waals surface area contributed by atoms with Crippen LogP contribution >= 0.6 is 0 Å². The van der Waals surface area contributed by atoms with Crippen molar-refractivity contribution >= 4 is 17.7 Å². The highest BCUT2D eigenvalue weighted by molar-refractivity contribution is 6.04. The first-order valence-electron chi connectivity index (χ1n) is 8.13. The lowest BCUT2D eigenvalue weighted by molar-refractivity contribution is -0.134. The molecule has 0 saturated carbocycles. The number of hydrogen-bond donors (Lipinski definition) is 2. The maximum absolute atomic E-state index is 12.4. The second-order valence-electron chi connectivity index (χ2n) is 6.17. The second-order valence-corrected chi connectivity index (χ2v) is 6.17. The molecule has 0 spiro atoms. The normalized spacial score (nSPS) is 17.1. The van der Waals surface area contributed by atoms with Gasteiger partial charge in [0.2, 0.25) is 11.8 Å². The van der Waals surface area contributed by atoms with Gasteiger partial charge in [0.05, 0.1) is 17.0 Å². The summed E-state index contributed by atoms with van der Waals surface area (Å²) in [5.74, 6) is -1.14. The average Bonchev–Trinajstić information content (AvgIpc) is 2.58. The summed E-state index contributed by atoms with van der Waals surface area (Å²) in [5, 5.41) is 4.90. The number of benzene rings is 1. The Balaban J connectivity index is 1.76. The quantitative estimate of drug-likeness (QED) is 0.837. The molecule has 6 heteroatoms. The van der Waals surface area contributed by atoms with Crippen molar-refractivity contribution in [2.45, 2.75) is 32.7 Å². The summed E-state index contributed by atoms with van der Waals surface area (Å²) in [4.78, 5) is 39.9. The van der Waals surface area contributed by atoms with Crippen molar-refractivity contribution in [2.24, 2.45) is 0 Å². The van der Waals surface area contributed by atoms with Gasteiger partial charge >= 0.3 is 0 Å². The molecule has 1 aliphatic heterocycles. The maximum atomic E-state index is 12.4. The monoisotopic (exact) mass is 337 g/mol. The number of nitrogens with one attached hydrogen (secondary N) is 2. The van der Waals surface area contributed by atoms with Crippen molar-refractivity contribution < 1.29 is 14.4 Å². The zero-order valence-electron chi connectivity index (χ0n) is 14.1. The Morgan fingerprint density at radius 3 is 2.48 bits per heavy atom. The van der Waals surface area contributed by atoms with Crippen molar-refractivity contribution in [3.8, 4) is 11.3 Å². The summed E-state index contributed by atoms with van der Waals surface area (Å²) in [5.41, 5.74) is 3.94. The second kappa shape index (κ2) is 6.84. The third kappa shape index (κ3) is 3.74. The summed E-state index contributed by atoms with van der Waals surface area (Å²) in [6, 6.07) is 10.8. The number of nitrogens with zero attached hydrogens (tertiary/aromatic N) is 1. The molecule has 1 aromatic carbocycles.